The van der Waals surface area contributed by atoms with E-state index in [9.17, 15) is 0 Å². The number of methoxy groups -OCH3 is 1. The SMILES string of the molecule is CCNCc1cc(OC2CCCC(OC)C2)ccn1. The van der Waals surface area contributed by atoms with Gasteiger partial charge in [-0.25, -0.2) is 0 Å². The van der Waals surface area contributed by atoms with Gasteiger partial charge in [0.1, 0.15) is 11.9 Å². The fourth-order valence-corrected chi connectivity index (χ4v) is 2.49. The van der Waals surface area contributed by atoms with Gasteiger partial charge in [-0.1, -0.05) is 6.92 Å². The normalized spacial score (nSPS) is 23.3. The lowest BCUT2D eigenvalue weighted by molar-refractivity contribution is 0.0209. The summed E-state index contributed by atoms with van der Waals surface area (Å²) in [7, 11) is 1.79. The van der Waals surface area contributed by atoms with Crippen molar-refractivity contribution >= 4 is 0 Å². The molecule has 0 saturated heterocycles. The molecule has 0 radical (unpaired) electrons. The van der Waals surface area contributed by atoms with E-state index in [0.29, 0.717) is 6.10 Å². The summed E-state index contributed by atoms with van der Waals surface area (Å²) in [4.78, 5) is 4.33. The summed E-state index contributed by atoms with van der Waals surface area (Å²) in [5, 5.41) is 3.27. The summed E-state index contributed by atoms with van der Waals surface area (Å²) in [5.74, 6) is 0.921. The standard InChI is InChI=1S/C15H24N2O2/c1-3-16-11-12-9-15(7-8-17-12)19-14-6-4-5-13(10-14)18-2/h7-9,13-14,16H,3-6,10-11H2,1-2H3. The number of rotatable bonds is 6. The van der Waals surface area contributed by atoms with Crippen LogP contribution in [0.5, 0.6) is 5.75 Å². The Hall–Kier alpha value is -1.13. The van der Waals surface area contributed by atoms with Crippen LogP contribution >= 0.6 is 0 Å². The van der Waals surface area contributed by atoms with Crippen LogP contribution in [0.4, 0.5) is 0 Å². The van der Waals surface area contributed by atoms with Gasteiger partial charge in [-0.3, -0.25) is 4.98 Å². The predicted octanol–water partition coefficient (Wildman–Crippen LogP) is 2.53. The Kier molecular flexibility index (Phi) is 5.61. The third kappa shape index (κ3) is 4.48. The summed E-state index contributed by atoms with van der Waals surface area (Å²) in [6.07, 6.45) is 6.87. The zero-order chi connectivity index (χ0) is 13.5. The lowest BCUT2D eigenvalue weighted by atomic mass is 9.95. The van der Waals surface area contributed by atoms with Crippen LogP contribution < -0.4 is 10.1 Å². The first kappa shape index (κ1) is 14.3. The summed E-state index contributed by atoms with van der Waals surface area (Å²) in [5.41, 5.74) is 1.03. The first-order valence-electron chi connectivity index (χ1n) is 7.17. The molecule has 106 valence electrons. The molecule has 4 heteroatoms. The highest BCUT2D eigenvalue weighted by Crippen LogP contribution is 2.25. The highest BCUT2D eigenvalue weighted by molar-refractivity contribution is 5.23. The van der Waals surface area contributed by atoms with Crippen LogP contribution in [-0.2, 0) is 11.3 Å². The minimum Gasteiger partial charge on any atom is -0.490 e. The molecule has 0 amide bonds. The highest BCUT2D eigenvalue weighted by atomic mass is 16.5. The molecule has 0 aliphatic heterocycles. The third-order valence-corrected chi connectivity index (χ3v) is 3.56. The Labute approximate surface area is 115 Å². The lowest BCUT2D eigenvalue weighted by Crippen LogP contribution is -2.29. The Bertz CT molecular complexity index is 384. The maximum atomic E-state index is 6.06. The van der Waals surface area contributed by atoms with Gasteiger partial charge in [-0.2, -0.15) is 0 Å². The molecule has 2 unspecified atom stereocenters. The van der Waals surface area contributed by atoms with Crippen LogP contribution in [0.3, 0.4) is 0 Å². The van der Waals surface area contributed by atoms with Gasteiger partial charge < -0.3 is 14.8 Å². The van der Waals surface area contributed by atoms with Gasteiger partial charge in [0.15, 0.2) is 0 Å². The molecule has 19 heavy (non-hydrogen) atoms. The minimum absolute atomic E-state index is 0.271. The van der Waals surface area contributed by atoms with Crippen molar-refractivity contribution in [3.63, 3.8) is 0 Å². The van der Waals surface area contributed by atoms with Crippen molar-refractivity contribution in [1.82, 2.24) is 10.3 Å². The molecule has 2 rings (SSSR count). The Morgan fingerprint density at radius 3 is 3.00 bits per heavy atom. The van der Waals surface area contributed by atoms with Crippen molar-refractivity contribution in [3.05, 3.63) is 24.0 Å². The maximum Gasteiger partial charge on any atom is 0.123 e. The number of aromatic nitrogens is 1. The van der Waals surface area contributed by atoms with Crippen LogP contribution in [0.25, 0.3) is 0 Å². The Morgan fingerprint density at radius 2 is 2.21 bits per heavy atom. The van der Waals surface area contributed by atoms with Gasteiger partial charge in [0.2, 0.25) is 0 Å². The van der Waals surface area contributed by atoms with Crippen LogP contribution in [0.2, 0.25) is 0 Å². The lowest BCUT2D eigenvalue weighted by Gasteiger charge is -2.28. The molecule has 1 aliphatic carbocycles. The van der Waals surface area contributed by atoms with E-state index >= 15 is 0 Å². The fourth-order valence-electron chi connectivity index (χ4n) is 2.49. The molecule has 1 fully saturated rings. The molecule has 0 bridgehead atoms. The van der Waals surface area contributed by atoms with Crippen LogP contribution in [0.15, 0.2) is 18.3 Å². The smallest absolute Gasteiger partial charge is 0.123 e. The number of hydrogen-bond donors (Lipinski definition) is 1. The van der Waals surface area contributed by atoms with E-state index in [1.807, 2.05) is 18.3 Å². The average Bonchev–Trinajstić information content (AvgIpc) is 2.46. The second kappa shape index (κ2) is 7.46. The molecule has 0 aromatic carbocycles. The second-order valence-corrected chi connectivity index (χ2v) is 5.03. The molecule has 0 spiro atoms. The number of nitrogens with one attached hydrogen (secondary N) is 1. The maximum absolute atomic E-state index is 6.06. The molecule has 1 aliphatic rings. The second-order valence-electron chi connectivity index (χ2n) is 5.03. The van der Waals surface area contributed by atoms with Crippen molar-refractivity contribution in [3.8, 4) is 5.75 Å². The van der Waals surface area contributed by atoms with Gasteiger partial charge in [0.05, 0.1) is 11.8 Å². The van der Waals surface area contributed by atoms with Crippen LogP contribution in [0, 0.1) is 0 Å². The van der Waals surface area contributed by atoms with E-state index in [2.05, 4.69) is 17.2 Å². The van der Waals surface area contributed by atoms with Crippen molar-refractivity contribution in [2.45, 2.75) is 51.4 Å². The van der Waals surface area contributed by atoms with Gasteiger partial charge in [-0.15, -0.1) is 0 Å². The quantitative estimate of drug-likeness (QED) is 0.857. The zero-order valence-electron chi connectivity index (χ0n) is 11.9. The van der Waals surface area contributed by atoms with Crippen LogP contribution in [0.1, 0.15) is 38.3 Å². The van der Waals surface area contributed by atoms with E-state index in [0.717, 1.165) is 43.8 Å². The van der Waals surface area contributed by atoms with Crippen molar-refractivity contribution < 1.29 is 9.47 Å². The van der Waals surface area contributed by atoms with Gasteiger partial charge in [0.25, 0.3) is 0 Å². The monoisotopic (exact) mass is 264 g/mol. The van der Waals surface area contributed by atoms with E-state index in [1.54, 1.807) is 7.11 Å². The van der Waals surface area contributed by atoms with Crippen molar-refractivity contribution in [2.75, 3.05) is 13.7 Å². The first-order chi connectivity index (χ1) is 9.31. The Balaban J connectivity index is 1.90. The number of nitrogens with zero attached hydrogens (tertiary/aromatic N) is 1. The number of hydrogen-bond acceptors (Lipinski definition) is 4. The molecule has 2 atom stereocenters. The van der Waals surface area contributed by atoms with Crippen molar-refractivity contribution in [1.29, 1.82) is 0 Å². The highest BCUT2D eigenvalue weighted by Gasteiger charge is 2.23. The first-order valence-corrected chi connectivity index (χ1v) is 7.17. The molecule has 1 aromatic rings. The number of pyridine rings is 1. The molecule has 1 saturated carbocycles. The summed E-state index contributed by atoms with van der Waals surface area (Å²) in [6.45, 7) is 3.83. The predicted molar refractivity (Wildman–Crippen MR) is 75.3 cm³/mol. The fraction of sp³-hybridized carbons (Fsp3) is 0.667. The third-order valence-electron chi connectivity index (χ3n) is 3.56. The van der Waals surface area contributed by atoms with E-state index in [-0.39, 0.29) is 6.10 Å². The van der Waals surface area contributed by atoms with E-state index in [4.69, 9.17) is 9.47 Å². The van der Waals surface area contributed by atoms with Crippen LogP contribution in [-0.4, -0.2) is 30.8 Å². The largest absolute Gasteiger partial charge is 0.490 e. The topological polar surface area (TPSA) is 43.4 Å². The van der Waals surface area contributed by atoms with Gasteiger partial charge >= 0.3 is 0 Å². The Morgan fingerprint density at radius 1 is 1.37 bits per heavy atom. The minimum atomic E-state index is 0.271. The average molecular weight is 264 g/mol. The molecular weight excluding hydrogens is 240 g/mol. The molecule has 1 N–H and O–H groups in total. The van der Waals surface area contributed by atoms with E-state index in [1.165, 1.54) is 6.42 Å². The number of ether oxygens (including phenoxy) is 2. The summed E-state index contributed by atoms with van der Waals surface area (Å²) >= 11 is 0. The van der Waals surface area contributed by atoms with Gasteiger partial charge in [0, 0.05) is 32.3 Å². The summed E-state index contributed by atoms with van der Waals surface area (Å²) < 4.78 is 11.5. The molecular formula is C15H24N2O2. The van der Waals surface area contributed by atoms with E-state index < -0.39 is 0 Å². The summed E-state index contributed by atoms with van der Waals surface area (Å²) in [6, 6.07) is 3.96. The molecule has 4 nitrogen and oxygen atoms in total. The molecule has 1 heterocycles. The van der Waals surface area contributed by atoms with Gasteiger partial charge in [-0.05, 0) is 31.9 Å². The molecule has 1 aromatic heterocycles. The van der Waals surface area contributed by atoms with Crippen molar-refractivity contribution in [2.24, 2.45) is 0 Å². The zero-order valence-corrected chi connectivity index (χ0v) is 11.9.